The van der Waals surface area contributed by atoms with Gasteiger partial charge < -0.3 is 20.6 Å². The zero-order chi connectivity index (χ0) is 23.9. The van der Waals surface area contributed by atoms with Crippen LogP contribution in [-0.2, 0) is 0 Å². The highest BCUT2D eigenvalue weighted by molar-refractivity contribution is 5.81. The van der Waals surface area contributed by atoms with E-state index in [0.29, 0.717) is 12.1 Å². The Labute approximate surface area is 209 Å². The summed E-state index contributed by atoms with van der Waals surface area (Å²) in [5, 5.41) is 7.01. The third-order valence-corrected chi connectivity index (χ3v) is 7.46. The number of nitrogens with one attached hydrogen (secondary N) is 4. The van der Waals surface area contributed by atoms with E-state index in [1.807, 2.05) is 12.4 Å². The number of nitrogens with zero attached hydrogens (tertiary/aromatic N) is 3. The van der Waals surface area contributed by atoms with E-state index < -0.39 is 0 Å². The summed E-state index contributed by atoms with van der Waals surface area (Å²) in [5.41, 5.74) is 8.55. The molecule has 0 saturated carbocycles. The molecule has 3 aromatic heterocycles. The van der Waals surface area contributed by atoms with E-state index in [1.165, 1.54) is 12.8 Å². The minimum atomic E-state index is 0.337. The van der Waals surface area contributed by atoms with Crippen molar-refractivity contribution in [3.63, 3.8) is 0 Å². The van der Waals surface area contributed by atoms with Crippen LogP contribution < -0.4 is 10.6 Å². The van der Waals surface area contributed by atoms with Gasteiger partial charge >= 0.3 is 0 Å². The number of fused-ring (bicyclic) bond motifs is 1. The van der Waals surface area contributed by atoms with Crippen molar-refractivity contribution in [1.82, 2.24) is 35.6 Å². The molecule has 2 aliphatic rings. The first-order valence-electron chi connectivity index (χ1n) is 12.9. The molecule has 5 heterocycles. The molecular weight excluding hydrogens is 446 g/mol. The molecule has 0 radical (unpaired) electrons. The van der Waals surface area contributed by atoms with Crippen LogP contribution >= 0.6 is 0 Å². The summed E-state index contributed by atoms with van der Waals surface area (Å²) in [6, 6.07) is 19.8. The maximum absolute atomic E-state index is 4.79. The van der Waals surface area contributed by atoms with Gasteiger partial charge in [0.05, 0.1) is 40.7 Å². The van der Waals surface area contributed by atoms with Crippen LogP contribution in [0.15, 0.2) is 67.0 Å². The number of H-pyrrole nitrogens is 2. The highest BCUT2D eigenvalue weighted by Gasteiger charge is 2.20. The molecule has 0 aliphatic carbocycles. The van der Waals surface area contributed by atoms with Crippen molar-refractivity contribution >= 4 is 11.0 Å². The second-order valence-corrected chi connectivity index (χ2v) is 9.84. The van der Waals surface area contributed by atoms with Gasteiger partial charge in [0.1, 0.15) is 11.6 Å². The van der Waals surface area contributed by atoms with Gasteiger partial charge in [-0.2, -0.15) is 0 Å². The Morgan fingerprint density at radius 2 is 1.36 bits per heavy atom. The number of aromatic amines is 2. The van der Waals surface area contributed by atoms with Gasteiger partial charge in [-0.25, -0.2) is 9.97 Å². The third-order valence-electron chi connectivity index (χ3n) is 7.46. The molecule has 4 N–H and O–H groups in total. The summed E-state index contributed by atoms with van der Waals surface area (Å²) in [4.78, 5) is 21.2. The van der Waals surface area contributed by atoms with Crippen LogP contribution in [0.1, 0.15) is 49.4 Å². The molecule has 36 heavy (non-hydrogen) atoms. The van der Waals surface area contributed by atoms with Gasteiger partial charge in [0.25, 0.3) is 0 Å². The molecular formula is C29H29N7. The fourth-order valence-electron chi connectivity index (χ4n) is 5.43. The molecule has 7 heteroatoms. The molecule has 5 aromatic rings. The molecule has 180 valence electrons. The SMILES string of the molecule is c1cc(-c2cnc([C@@H]3CCCN3)[nH]2)ccc1-c1ccc(-c2ccc3nc(C4CCCN4)[nH]c3c2)nc1. The average molecular weight is 476 g/mol. The fourth-order valence-corrected chi connectivity index (χ4v) is 5.43. The van der Waals surface area contributed by atoms with E-state index in [2.05, 4.69) is 80.2 Å². The van der Waals surface area contributed by atoms with E-state index >= 15 is 0 Å². The molecule has 2 aliphatic heterocycles. The molecule has 0 bridgehead atoms. The second kappa shape index (κ2) is 9.00. The predicted octanol–water partition coefficient (Wildman–Crippen LogP) is 5.53. The van der Waals surface area contributed by atoms with Crippen LogP contribution in [0, 0.1) is 0 Å². The standard InChI is InChI=1S/C29H29N7/c1-3-24(30-13-1)28-33-17-27(36-28)19-7-5-18(6-8-19)21-10-11-22(32-16-21)20-9-12-23-26(15-20)35-29(34-23)25-4-2-14-31-25/h5-12,15-17,24-25,30-31H,1-4,13-14H2,(H,33,36)(H,34,35)/t24-,25?/m0/s1. The smallest absolute Gasteiger partial charge is 0.124 e. The number of benzene rings is 2. The summed E-state index contributed by atoms with van der Waals surface area (Å²) in [6.07, 6.45) is 8.58. The van der Waals surface area contributed by atoms with Crippen molar-refractivity contribution in [2.24, 2.45) is 0 Å². The number of imidazole rings is 2. The highest BCUT2D eigenvalue weighted by Crippen LogP contribution is 2.29. The number of pyridine rings is 1. The summed E-state index contributed by atoms with van der Waals surface area (Å²) in [7, 11) is 0. The van der Waals surface area contributed by atoms with Crippen molar-refractivity contribution in [2.45, 2.75) is 37.8 Å². The van der Waals surface area contributed by atoms with Gasteiger partial charge in [-0.3, -0.25) is 4.98 Å². The Bertz CT molecular complexity index is 1490. The van der Waals surface area contributed by atoms with Crippen LogP contribution in [0.25, 0.3) is 44.7 Å². The van der Waals surface area contributed by atoms with Gasteiger partial charge in [0.2, 0.25) is 0 Å². The van der Waals surface area contributed by atoms with Crippen molar-refractivity contribution in [3.05, 3.63) is 78.6 Å². The topological polar surface area (TPSA) is 94.3 Å². The molecule has 2 fully saturated rings. The van der Waals surface area contributed by atoms with E-state index in [4.69, 9.17) is 9.97 Å². The van der Waals surface area contributed by atoms with Crippen LogP contribution in [0.5, 0.6) is 0 Å². The Hall–Kier alpha value is -3.81. The summed E-state index contributed by atoms with van der Waals surface area (Å²) < 4.78 is 0. The van der Waals surface area contributed by atoms with Crippen molar-refractivity contribution in [2.75, 3.05) is 13.1 Å². The normalized spacial score (nSPS) is 19.9. The largest absolute Gasteiger partial charge is 0.341 e. The highest BCUT2D eigenvalue weighted by atomic mass is 15.0. The number of rotatable bonds is 5. The number of aromatic nitrogens is 5. The lowest BCUT2D eigenvalue weighted by Gasteiger charge is -2.07. The lowest BCUT2D eigenvalue weighted by atomic mass is 10.0. The first-order valence-corrected chi connectivity index (χ1v) is 12.9. The van der Waals surface area contributed by atoms with E-state index in [0.717, 1.165) is 82.3 Å². The molecule has 0 spiro atoms. The van der Waals surface area contributed by atoms with Gasteiger partial charge in [-0.1, -0.05) is 36.4 Å². The van der Waals surface area contributed by atoms with Gasteiger partial charge in [0.15, 0.2) is 0 Å². The Balaban J connectivity index is 1.09. The Kier molecular flexibility index (Phi) is 5.37. The molecule has 7 nitrogen and oxygen atoms in total. The van der Waals surface area contributed by atoms with Gasteiger partial charge in [0, 0.05) is 17.3 Å². The first kappa shape index (κ1) is 21.5. The van der Waals surface area contributed by atoms with Crippen LogP contribution in [0.3, 0.4) is 0 Å². The van der Waals surface area contributed by atoms with Gasteiger partial charge in [-0.05, 0) is 68.1 Å². The quantitative estimate of drug-likeness (QED) is 0.268. The van der Waals surface area contributed by atoms with Crippen molar-refractivity contribution in [3.8, 4) is 33.6 Å². The maximum Gasteiger partial charge on any atom is 0.124 e. The molecule has 2 saturated heterocycles. The zero-order valence-electron chi connectivity index (χ0n) is 20.1. The lowest BCUT2D eigenvalue weighted by Crippen LogP contribution is -2.14. The minimum Gasteiger partial charge on any atom is -0.341 e. The number of hydrogen-bond acceptors (Lipinski definition) is 5. The lowest BCUT2D eigenvalue weighted by molar-refractivity contribution is 0.613. The van der Waals surface area contributed by atoms with Crippen molar-refractivity contribution < 1.29 is 0 Å². The Morgan fingerprint density at radius 3 is 2.08 bits per heavy atom. The summed E-state index contributed by atoms with van der Waals surface area (Å²) >= 11 is 0. The molecule has 2 aromatic carbocycles. The average Bonchev–Trinajstić information content (AvgIpc) is 3.75. The second-order valence-electron chi connectivity index (χ2n) is 9.84. The van der Waals surface area contributed by atoms with Crippen molar-refractivity contribution in [1.29, 1.82) is 0 Å². The molecule has 2 atom stereocenters. The van der Waals surface area contributed by atoms with E-state index in [-0.39, 0.29) is 0 Å². The predicted molar refractivity (Wildman–Crippen MR) is 142 cm³/mol. The fraction of sp³-hybridized carbons (Fsp3) is 0.276. The first-order chi connectivity index (χ1) is 17.8. The Morgan fingerprint density at radius 1 is 0.639 bits per heavy atom. The van der Waals surface area contributed by atoms with Gasteiger partial charge in [-0.15, -0.1) is 0 Å². The van der Waals surface area contributed by atoms with Crippen LogP contribution in [-0.4, -0.2) is 38.0 Å². The zero-order valence-corrected chi connectivity index (χ0v) is 20.1. The summed E-state index contributed by atoms with van der Waals surface area (Å²) in [5.74, 6) is 2.07. The minimum absolute atomic E-state index is 0.337. The molecule has 7 rings (SSSR count). The monoisotopic (exact) mass is 475 g/mol. The molecule has 1 unspecified atom stereocenters. The maximum atomic E-state index is 4.79. The van der Waals surface area contributed by atoms with E-state index in [9.17, 15) is 0 Å². The van der Waals surface area contributed by atoms with Crippen LogP contribution in [0.4, 0.5) is 0 Å². The van der Waals surface area contributed by atoms with E-state index in [1.54, 1.807) is 0 Å². The third kappa shape index (κ3) is 4.00. The van der Waals surface area contributed by atoms with Crippen LogP contribution in [0.2, 0.25) is 0 Å². The number of hydrogen-bond donors (Lipinski definition) is 4. The summed E-state index contributed by atoms with van der Waals surface area (Å²) in [6.45, 7) is 2.13. The molecule has 0 amide bonds.